The van der Waals surface area contributed by atoms with E-state index in [9.17, 15) is 14.4 Å². The second kappa shape index (κ2) is 14.9. The molecule has 7 heteroatoms. The summed E-state index contributed by atoms with van der Waals surface area (Å²) in [6.45, 7) is 18.3. The minimum Gasteiger partial charge on any atom is -0.444 e. The van der Waals surface area contributed by atoms with Gasteiger partial charge in [0.15, 0.2) is 0 Å². The third-order valence-electron chi connectivity index (χ3n) is 5.84. The van der Waals surface area contributed by atoms with Gasteiger partial charge in [-0.05, 0) is 58.9 Å². The summed E-state index contributed by atoms with van der Waals surface area (Å²) >= 11 is 0. The predicted molar refractivity (Wildman–Crippen MR) is 146 cm³/mol. The highest BCUT2D eigenvalue weighted by molar-refractivity contribution is 5.92. The van der Waals surface area contributed by atoms with Crippen molar-refractivity contribution in [1.82, 2.24) is 15.5 Å². The zero-order valence-corrected chi connectivity index (χ0v) is 24.0. The molecular formula is C29H49N3O4. The molecule has 36 heavy (non-hydrogen) atoms. The molecule has 0 saturated heterocycles. The third-order valence-corrected chi connectivity index (χ3v) is 5.84. The van der Waals surface area contributed by atoms with Crippen LogP contribution >= 0.6 is 0 Å². The minimum absolute atomic E-state index is 0.193. The van der Waals surface area contributed by atoms with Crippen LogP contribution in [0.2, 0.25) is 0 Å². The van der Waals surface area contributed by atoms with Crippen LogP contribution in [0, 0.1) is 19.8 Å². The standard InChI is InChI=1S/C29H49N3O4/c1-10-12-14-16-32(27(34)24(20(3)4)31-28(35)36-29(7,8)9)25(26(33)30-15-13-11-2)23-18-21(5)17-22(6)19-23/h17-20,24-25H,10-16H2,1-9H3,(H,30,33)(H,31,35). The quantitative estimate of drug-likeness (QED) is 0.332. The van der Waals surface area contributed by atoms with Crippen LogP contribution in [0.5, 0.6) is 0 Å². The van der Waals surface area contributed by atoms with Crippen molar-refractivity contribution in [2.45, 2.75) is 112 Å². The van der Waals surface area contributed by atoms with Crippen LogP contribution in [0.4, 0.5) is 4.79 Å². The maximum absolute atomic E-state index is 14.1. The number of carbonyl (C=O) groups is 3. The molecule has 0 bridgehead atoms. The van der Waals surface area contributed by atoms with Crippen molar-refractivity contribution in [3.8, 4) is 0 Å². The van der Waals surface area contributed by atoms with Crippen molar-refractivity contribution < 1.29 is 19.1 Å². The number of alkyl carbamates (subject to hydrolysis) is 1. The number of unbranched alkanes of at least 4 members (excludes halogenated alkanes) is 3. The molecule has 2 unspecified atom stereocenters. The van der Waals surface area contributed by atoms with Crippen LogP contribution in [0.3, 0.4) is 0 Å². The summed E-state index contributed by atoms with van der Waals surface area (Å²) in [6.07, 6.45) is 3.88. The summed E-state index contributed by atoms with van der Waals surface area (Å²) in [4.78, 5) is 42.0. The number of amides is 3. The Morgan fingerprint density at radius 2 is 1.53 bits per heavy atom. The Bertz CT molecular complexity index is 840. The molecule has 0 saturated carbocycles. The number of nitrogens with one attached hydrogen (secondary N) is 2. The Morgan fingerprint density at radius 1 is 0.944 bits per heavy atom. The van der Waals surface area contributed by atoms with Crippen molar-refractivity contribution in [3.05, 3.63) is 34.9 Å². The first-order valence-electron chi connectivity index (χ1n) is 13.5. The fraction of sp³-hybridized carbons (Fsp3) is 0.690. The van der Waals surface area contributed by atoms with Crippen molar-refractivity contribution >= 4 is 17.9 Å². The molecule has 0 aromatic heterocycles. The number of hydrogen-bond donors (Lipinski definition) is 2. The first kappa shape index (κ1) is 31.5. The number of hydrogen-bond acceptors (Lipinski definition) is 4. The van der Waals surface area contributed by atoms with Gasteiger partial charge >= 0.3 is 6.09 Å². The highest BCUT2D eigenvalue weighted by atomic mass is 16.6. The topological polar surface area (TPSA) is 87.7 Å². The summed E-state index contributed by atoms with van der Waals surface area (Å²) in [5, 5.41) is 5.82. The molecule has 3 amide bonds. The molecule has 0 heterocycles. The summed E-state index contributed by atoms with van der Waals surface area (Å²) < 4.78 is 5.44. The highest BCUT2D eigenvalue weighted by Gasteiger charge is 2.37. The molecule has 0 aliphatic carbocycles. The van der Waals surface area contributed by atoms with Gasteiger partial charge in [-0.25, -0.2) is 4.79 Å². The SMILES string of the molecule is CCCCCN(C(=O)C(NC(=O)OC(C)(C)C)C(C)C)C(C(=O)NCCCC)c1cc(C)cc(C)c1. The molecule has 0 fully saturated rings. The van der Waals surface area contributed by atoms with Gasteiger partial charge in [0.25, 0.3) is 0 Å². The van der Waals surface area contributed by atoms with Gasteiger partial charge in [0.2, 0.25) is 11.8 Å². The second-order valence-corrected chi connectivity index (χ2v) is 11.1. The average Bonchev–Trinajstić information content (AvgIpc) is 2.74. The normalized spacial score (nSPS) is 13.2. The van der Waals surface area contributed by atoms with E-state index < -0.39 is 23.8 Å². The Balaban J connectivity index is 3.48. The van der Waals surface area contributed by atoms with Gasteiger partial charge in [-0.15, -0.1) is 0 Å². The Morgan fingerprint density at radius 3 is 2.03 bits per heavy atom. The molecule has 0 aliphatic heterocycles. The lowest BCUT2D eigenvalue weighted by Crippen LogP contribution is -2.55. The van der Waals surface area contributed by atoms with Crippen LogP contribution in [0.1, 0.15) is 103 Å². The molecular weight excluding hydrogens is 454 g/mol. The smallest absolute Gasteiger partial charge is 0.408 e. The van der Waals surface area contributed by atoms with Gasteiger partial charge in [-0.3, -0.25) is 9.59 Å². The largest absolute Gasteiger partial charge is 0.444 e. The highest BCUT2D eigenvalue weighted by Crippen LogP contribution is 2.26. The van der Waals surface area contributed by atoms with Gasteiger partial charge in [0, 0.05) is 13.1 Å². The van der Waals surface area contributed by atoms with Crippen LogP contribution in [-0.2, 0) is 14.3 Å². The van der Waals surface area contributed by atoms with E-state index in [2.05, 4.69) is 30.5 Å². The van der Waals surface area contributed by atoms with Crippen molar-refractivity contribution in [3.63, 3.8) is 0 Å². The maximum atomic E-state index is 14.1. The lowest BCUT2D eigenvalue weighted by molar-refractivity contribution is -0.143. The van der Waals surface area contributed by atoms with E-state index in [0.717, 1.165) is 48.8 Å². The van der Waals surface area contributed by atoms with Gasteiger partial charge in [-0.2, -0.15) is 0 Å². The zero-order valence-electron chi connectivity index (χ0n) is 24.0. The minimum atomic E-state index is -0.821. The van der Waals surface area contributed by atoms with E-state index in [1.54, 1.807) is 25.7 Å². The average molecular weight is 504 g/mol. The number of carbonyl (C=O) groups excluding carboxylic acids is 3. The lowest BCUT2D eigenvalue weighted by atomic mass is 9.96. The Labute approximate surface area is 218 Å². The van der Waals surface area contributed by atoms with Gasteiger partial charge in [0.1, 0.15) is 17.7 Å². The van der Waals surface area contributed by atoms with Gasteiger partial charge in [-0.1, -0.05) is 76.3 Å². The number of rotatable bonds is 13. The predicted octanol–water partition coefficient (Wildman–Crippen LogP) is 5.83. The first-order valence-corrected chi connectivity index (χ1v) is 13.5. The number of aryl methyl sites for hydroxylation is 2. The van der Waals surface area contributed by atoms with E-state index in [1.807, 2.05) is 39.8 Å². The fourth-order valence-electron chi connectivity index (χ4n) is 4.15. The van der Waals surface area contributed by atoms with Crippen LogP contribution in [0.25, 0.3) is 0 Å². The molecule has 204 valence electrons. The monoisotopic (exact) mass is 503 g/mol. The van der Waals surface area contributed by atoms with Gasteiger partial charge < -0.3 is 20.3 Å². The molecule has 1 rings (SSSR count). The van der Waals surface area contributed by atoms with Crippen LogP contribution in [0.15, 0.2) is 18.2 Å². The first-order chi connectivity index (χ1) is 16.8. The summed E-state index contributed by atoms with van der Waals surface area (Å²) in [6, 6.07) is 4.40. The molecule has 0 spiro atoms. The van der Waals surface area contributed by atoms with Crippen LogP contribution < -0.4 is 10.6 Å². The molecule has 2 atom stereocenters. The summed E-state index contributed by atoms with van der Waals surface area (Å²) in [5.41, 5.74) is 2.16. The van der Waals surface area contributed by atoms with Crippen molar-refractivity contribution in [2.75, 3.05) is 13.1 Å². The lowest BCUT2D eigenvalue weighted by Gasteiger charge is -2.36. The van der Waals surface area contributed by atoms with E-state index in [0.29, 0.717) is 13.1 Å². The second-order valence-electron chi connectivity index (χ2n) is 11.1. The molecule has 0 radical (unpaired) electrons. The number of ether oxygens (including phenoxy) is 1. The molecule has 0 aliphatic rings. The fourth-order valence-corrected chi connectivity index (χ4v) is 4.15. The number of nitrogens with zero attached hydrogens (tertiary/aromatic N) is 1. The van der Waals surface area contributed by atoms with E-state index >= 15 is 0 Å². The van der Waals surface area contributed by atoms with Crippen molar-refractivity contribution in [2.24, 2.45) is 5.92 Å². The number of benzene rings is 1. The molecule has 1 aromatic rings. The van der Waals surface area contributed by atoms with Gasteiger partial charge in [0.05, 0.1) is 0 Å². The molecule has 1 aromatic carbocycles. The van der Waals surface area contributed by atoms with Crippen LogP contribution in [-0.4, -0.2) is 47.5 Å². The zero-order chi connectivity index (χ0) is 27.5. The maximum Gasteiger partial charge on any atom is 0.408 e. The summed E-state index contributed by atoms with van der Waals surface area (Å²) in [5.74, 6) is -0.665. The Hall–Kier alpha value is -2.57. The van der Waals surface area contributed by atoms with E-state index in [4.69, 9.17) is 4.74 Å². The Kier molecular flexibility index (Phi) is 13.0. The molecule has 7 nitrogen and oxygen atoms in total. The van der Waals surface area contributed by atoms with E-state index in [1.165, 1.54) is 0 Å². The van der Waals surface area contributed by atoms with E-state index in [-0.39, 0.29) is 17.7 Å². The molecule has 2 N–H and O–H groups in total. The van der Waals surface area contributed by atoms with Crippen molar-refractivity contribution in [1.29, 1.82) is 0 Å². The third kappa shape index (κ3) is 10.6. The summed E-state index contributed by atoms with van der Waals surface area (Å²) in [7, 11) is 0.